The number of aryl methyl sites for hydroxylation is 3. The number of halogens is 2. The molecule has 2 aromatic rings. The Kier molecular flexibility index (Phi) is 3.94. The van der Waals surface area contributed by atoms with Crippen LogP contribution in [-0.2, 0) is 7.05 Å². The zero-order valence-corrected chi connectivity index (χ0v) is 13.3. The number of benzene rings is 1. The molecule has 0 radical (unpaired) electrons. The van der Waals surface area contributed by atoms with Crippen molar-refractivity contribution in [3.63, 3.8) is 0 Å². The van der Waals surface area contributed by atoms with Crippen LogP contribution in [0.4, 0.5) is 10.1 Å². The molecule has 106 valence electrons. The smallest absolute Gasteiger partial charge is 0.259 e. The quantitative estimate of drug-likeness (QED) is 0.910. The minimum Gasteiger partial charge on any atom is -0.322 e. The van der Waals surface area contributed by atoms with Gasteiger partial charge in [0.1, 0.15) is 5.82 Å². The van der Waals surface area contributed by atoms with E-state index < -0.39 is 5.82 Å². The second kappa shape index (κ2) is 5.36. The number of nitrogens with one attached hydrogen (secondary N) is 1. The van der Waals surface area contributed by atoms with Crippen molar-refractivity contribution in [2.45, 2.75) is 20.8 Å². The van der Waals surface area contributed by atoms with Crippen molar-refractivity contribution >= 4 is 27.5 Å². The van der Waals surface area contributed by atoms with Gasteiger partial charge in [-0.3, -0.25) is 9.48 Å². The molecule has 0 saturated heterocycles. The number of amides is 1. The lowest BCUT2D eigenvalue weighted by Crippen LogP contribution is -2.15. The van der Waals surface area contributed by atoms with Crippen LogP contribution in [0.2, 0.25) is 0 Å². The van der Waals surface area contributed by atoms with Gasteiger partial charge in [0.05, 0.1) is 15.7 Å². The maximum absolute atomic E-state index is 13.6. The first-order valence-corrected chi connectivity index (χ1v) is 6.87. The summed E-state index contributed by atoms with van der Waals surface area (Å²) < 4.78 is 15.6. The zero-order chi connectivity index (χ0) is 15.0. The monoisotopic (exact) mass is 339 g/mol. The standard InChI is InChI=1S/C14H15BrFN3O/c1-7-5-10(15)11(16)6-12(7)17-14(20)13-8(2)18-19(4)9(13)3/h5-6H,1-4H3,(H,17,20). The topological polar surface area (TPSA) is 46.9 Å². The highest BCUT2D eigenvalue weighted by Crippen LogP contribution is 2.25. The summed E-state index contributed by atoms with van der Waals surface area (Å²) in [7, 11) is 1.78. The molecule has 0 aliphatic rings. The number of aromatic nitrogens is 2. The molecule has 1 heterocycles. The van der Waals surface area contributed by atoms with E-state index in [0.717, 1.165) is 11.3 Å². The SMILES string of the molecule is Cc1cc(Br)c(F)cc1NC(=O)c1c(C)nn(C)c1C. The van der Waals surface area contributed by atoms with E-state index in [2.05, 4.69) is 26.3 Å². The predicted octanol–water partition coefficient (Wildman–Crippen LogP) is 3.50. The van der Waals surface area contributed by atoms with E-state index in [9.17, 15) is 9.18 Å². The molecule has 0 fully saturated rings. The van der Waals surface area contributed by atoms with E-state index in [1.807, 2.05) is 13.8 Å². The summed E-state index contributed by atoms with van der Waals surface area (Å²) in [5.74, 6) is -0.691. The van der Waals surface area contributed by atoms with Crippen LogP contribution >= 0.6 is 15.9 Å². The number of rotatable bonds is 2. The maximum atomic E-state index is 13.6. The van der Waals surface area contributed by atoms with E-state index in [0.29, 0.717) is 21.4 Å². The highest BCUT2D eigenvalue weighted by atomic mass is 79.9. The molecular weight excluding hydrogens is 325 g/mol. The molecule has 20 heavy (non-hydrogen) atoms. The van der Waals surface area contributed by atoms with E-state index >= 15 is 0 Å². The van der Waals surface area contributed by atoms with Gasteiger partial charge in [-0.25, -0.2) is 4.39 Å². The van der Waals surface area contributed by atoms with Crippen LogP contribution in [0.15, 0.2) is 16.6 Å². The Bertz CT molecular complexity index is 694. The summed E-state index contributed by atoms with van der Waals surface area (Å²) in [5, 5.41) is 6.94. The Balaban J connectivity index is 2.35. The molecule has 4 nitrogen and oxygen atoms in total. The third-order valence-corrected chi connectivity index (χ3v) is 3.86. The van der Waals surface area contributed by atoms with E-state index in [-0.39, 0.29) is 5.91 Å². The maximum Gasteiger partial charge on any atom is 0.259 e. The molecule has 6 heteroatoms. The van der Waals surface area contributed by atoms with E-state index in [4.69, 9.17) is 0 Å². The van der Waals surface area contributed by atoms with Crippen molar-refractivity contribution < 1.29 is 9.18 Å². The molecule has 2 rings (SSSR count). The summed E-state index contributed by atoms with van der Waals surface area (Å²) >= 11 is 3.12. The molecule has 0 aliphatic carbocycles. The van der Waals surface area contributed by atoms with E-state index in [1.165, 1.54) is 6.07 Å². The van der Waals surface area contributed by atoms with Crippen LogP contribution in [0, 0.1) is 26.6 Å². The number of nitrogens with zero attached hydrogens (tertiary/aromatic N) is 2. The predicted molar refractivity (Wildman–Crippen MR) is 79.5 cm³/mol. The van der Waals surface area contributed by atoms with Gasteiger partial charge in [-0.1, -0.05) is 0 Å². The van der Waals surface area contributed by atoms with Crippen molar-refractivity contribution in [2.75, 3.05) is 5.32 Å². The summed E-state index contributed by atoms with van der Waals surface area (Å²) in [6.45, 7) is 5.41. The van der Waals surface area contributed by atoms with Gasteiger partial charge < -0.3 is 5.32 Å². The molecule has 0 saturated carbocycles. The van der Waals surface area contributed by atoms with Crippen molar-refractivity contribution in [1.82, 2.24) is 9.78 Å². The van der Waals surface area contributed by atoms with Crippen molar-refractivity contribution in [3.05, 3.63) is 44.9 Å². The minimum absolute atomic E-state index is 0.280. The molecule has 1 N–H and O–H groups in total. The summed E-state index contributed by atoms with van der Waals surface area (Å²) in [5.41, 5.74) is 3.19. The Hall–Kier alpha value is -1.69. The van der Waals surface area contributed by atoms with Gasteiger partial charge in [0.25, 0.3) is 5.91 Å². The second-order valence-corrected chi connectivity index (χ2v) is 5.56. The first-order chi connectivity index (χ1) is 9.31. The molecule has 0 atom stereocenters. The van der Waals surface area contributed by atoms with Gasteiger partial charge >= 0.3 is 0 Å². The van der Waals surface area contributed by atoms with Crippen LogP contribution in [0.5, 0.6) is 0 Å². The zero-order valence-electron chi connectivity index (χ0n) is 11.7. The lowest BCUT2D eigenvalue weighted by molar-refractivity contribution is 0.102. The fraction of sp³-hybridized carbons (Fsp3) is 0.286. The number of anilines is 1. The normalized spacial score (nSPS) is 10.7. The average molecular weight is 340 g/mol. The number of carbonyl (C=O) groups excluding carboxylic acids is 1. The lowest BCUT2D eigenvalue weighted by Gasteiger charge is -2.10. The molecule has 0 aliphatic heterocycles. The largest absolute Gasteiger partial charge is 0.322 e. The Labute approximate surface area is 125 Å². The Morgan fingerprint density at radius 3 is 2.55 bits per heavy atom. The van der Waals surface area contributed by atoms with Crippen molar-refractivity contribution in [1.29, 1.82) is 0 Å². The molecular formula is C14H15BrFN3O. The summed E-state index contributed by atoms with van der Waals surface area (Å²) in [4.78, 5) is 12.3. The molecule has 1 amide bonds. The fourth-order valence-corrected chi connectivity index (χ4v) is 2.53. The highest BCUT2D eigenvalue weighted by molar-refractivity contribution is 9.10. The average Bonchev–Trinajstić information content (AvgIpc) is 2.60. The van der Waals surface area contributed by atoms with Crippen LogP contribution in [-0.4, -0.2) is 15.7 Å². The van der Waals surface area contributed by atoms with Crippen LogP contribution in [0.25, 0.3) is 0 Å². The fourth-order valence-electron chi connectivity index (χ4n) is 2.07. The molecule has 0 bridgehead atoms. The summed E-state index contributed by atoms with van der Waals surface area (Å²) in [6.07, 6.45) is 0. The highest BCUT2D eigenvalue weighted by Gasteiger charge is 2.18. The van der Waals surface area contributed by atoms with Crippen LogP contribution in [0.3, 0.4) is 0 Å². The molecule has 1 aromatic heterocycles. The van der Waals surface area contributed by atoms with Crippen molar-refractivity contribution in [3.8, 4) is 0 Å². The van der Waals surface area contributed by atoms with Crippen LogP contribution < -0.4 is 5.32 Å². The summed E-state index contributed by atoms with van der Waals surface area (Å²) in [6, 6.07) is 2.94. The lowest BCUT2D eigenvalue weighted by atomic mass is 10.1. The first kappa shape index (κ1) is 14.7. The molecule has 1 aromatic carbocycles. The van der Waals surface area contributed by atoms with Crippen molar-refractivity contribution in [2.24, 2.45) is 7.05 Å². The number of carbonyl (C=O) groups is 1. The van der Waals surface area contributed by atoms with Gasteiger partial charge in [0.15, 0.2) is 0 Å². The van der Waals surface area contributed by atoms with Gasteiger partial charge in [0.2, 0.25) is 0 Å². The minimum atomic E-state index is -0.412. The third-order valence-electron chi connectivity index (χ3n) is 3.25. The van der Waals surface area contributed by atoms with Gasteiger partial charge in [-0.15, -0.1) is 0 Å². The Morgan fingerprint density at radius 1 is 1.35 bits per heavy atom. The van der Waals surface area contributed by atoms with Gasteiger partial charge in [-0.05, 0) is 54.4 Å². The number of hydrogen-bond acceptors (Lipinski definition) is 2. The van der Waals surface area contributed by atoms with Crippen LogP contribution in [0.1, 0.15) is 27.3 Å². The molecule has 0 unspecified atom stereocenters. The van der Waals surface area contributed by atoms with Gasteiger partial charge in [-0.2, -0.15) is 5.10 Å². The Morgan fingerprint density at radius 2 is 2.00 bits per heavy atom. The third kappa shape index (κ3) is 2.60. The molecule has 0 spiro atoms. The van der Waals surface area contributed by atoms with E-state index in [1.54, 1.807) is 24.7 Å². The number of hydrogen-bond donors (Lipinski definition) is 1. The first-order valence-electron chi connectivity index (χ1n) is 6.08. The second-order valence-electron chi connectivity index (χ2n) is 4.70. The van der Waals surface area contributed by atoms with Gasteiger partial charge in [0, 0.05) is 18.4 Å².